The molecule has 1 aliphatic heterocycles. The van der Waals surface area contributed by atoms with Crippen molar-refractivity contribution in [3.05, 3.63) is 90.8 Å². The molecule has 2 heterocycles. The van der Waals surface area contributed by atoms with Crippen LogP contribution in [-0.4, -0.2) is 49.5 Å². The molecule has 3 aromatic carbocycles. The summed E-state index contributed by atoms with van der Waals surface area (Å²) in [4.78, 5) is 10.4. The normalized spacial score (nSPS) is 13.8. The lowest BCUT2D eigenvalue weighted by molar-refractivity contribution is 0.238. The van der Waals surface area contributed by atoms with Crippen molar-refractivity contribution in [2.24, 2.45) is 0 Å². The van der Waals surface area contributed by atoms with Gasteiger partial charge in [0.15, 0.2) is 0 Å². The molecule has 0 amide bonds. The van der Waals surface area contributed by atoms with Crippen LogP contribution in [-0.2, 0) is 10.0 Å². The Morgan fingerprint density at radius 2 is 1.59 bits per heavy atom. The van der Waals surface area contributed by atoms with Gasteiger partial charge in [-0.05, 0) is 86.6 Å². The summed E-state index contributed by atoms with van der Waals surface area (Å²) in [6.07, 6.45) is 3.98. The monoisotopic (exact) mass is 551 g/mol. The third kappa shape index (κ3) is 6.87. The first kappa shape index (κ1) is 26.5. The van der Waals surface area contributed by atoms with Crippen LogP contribution >= 0.6 is 0 Å². The quantitative estimate of drug-likeness (QED) is 0.271. The molecule has 0 saturated carbocycles. The van der Waals surface area contributed by atoms with Crippen molar-refractivity contribution < 1.29 is 21.9 Å². The van der Waals surface area contributed by atoms with Gasteiger partial charge in [-0.25, -0.2) is 27.2 Å². The average Bonchev–Trinajstić information content (AvgIpc) is 3.44. The summed E-state index contributed by atoms with van der Waals surface area (Å²) in [5, 5.41) is 3.16. The number of hydrogen-bond acceptors (Lipinski definition) is 7. The Balaban J connectivity index is 1.19. The van der Waals surface area contributed by atoms with Gasteiger partial charge >= 0.3 is 0 Å². The minimum atomic E-state index is -4.23. The van der Waals surface area contributed by atoms with E-state index in [-0.39, 0.29) is 5.69 Å². The van der Waals surface area contributed by atoms with Crippen LogP contribution in [0.5, 0.6) is 5.75 Å². The van der Waals surface area contributed by atoms with E-state index in [1.165, 1.54) is 31.3 Å². The van der Waals surface area contributed by atoms with E-state index in [0.29, 0.717) is 24.2 Å². The fourth-order valence-corrected chi connectivity index (χ4v) is 5.40. The highest BCUT2D eigenvalue weighted by atomic mass is 32.2. The molecule has 1 aliphatic rings. The van der Waals surface area contributed by atoms with Crippen molar-refractivity contribution in [2.75, 3.05) is 36.3 Å². The smallest absolute Gasteiger partial charge is 0.264 e. The van der Waals surface area contributed by atoms with Crippen LogP contribution < -0.4 is 14.8 Å². The summed E-state index contributed by atoms with van der Waals surface area (Å²) in [5.74, 6) is -0.667. The molecule has 2 N–H and O–H groups in total. The molecular weight excluding hydrogens is 524 g/mol. The van der Waals surface area contributed by atoms with Gasteiger partial charge in [-0.3, -0.25) is 9.62 Å². The molecule has 1 saturated heterocycles. The number of nitrogens with zero attached hydrogens (tertiary/aromatic N) is 3. The zero-order valence-corrected chi connectivity index (χ0v) is 21.8. The van der Waals surface area contributed by atoms with Gasteiger partial charge in [0.25, 0.3) is 10.0 Å². The van der Waals surface area contributed by atoms with E-state index >= 15 is 0 Å². The van der Waals surface area contributed by atoms with Gasteiger partial charge in [0.1, 0.15) is 41.0 Å². The predicted octanol–water partition coefficient (Wildman–Crippen LogP) is 5.44. The molecule has 0 unspecified atom stereocenters. The highest BCUT2D eigenvalue weighted by Crippen LogP contribution is 2.25. The van der Waals surface area contributed by atoms with Gasteiger partial charge in [-0.2, -0.15) is 0 Å². The van der Waals surface area contributed by atoms with Gasteiger partial charge in [-0.1, -0.05) is 0 Å². The van der Waals surface area contributed by atoms with Crippen LogP contribution in [0, 0.1) is 11.6 Å². The zero-order chi connectivity index (χ0) is 27.2. The summed E-state index contributed by atoms with van der Waals surface area (Å²) >= 11 is 0. The van der Waals surface area contributed by atoms with Crippen molar-refractivity contribution >= 4 is 27.2 Å². The van der Waals surface area contributed by atoms with Gasteiger partial charge in [0, 0.05) is 35.6 Å². The molecular formula is C28H27F2N5O3S. The molecule has 1 fully saturated rings. The van der Waals surface area contributed by atoms with Crippen LogP contribution in [0.3, 0.4) is 0 Å². The molecule has 4 aromatic rings. The molecule has 0 atom stereocenters. The minimum Gasteiger partial charge on any atom is -0.492 e. The molecule has 202 valence electrons. The molecule has 11 heteroatoms. The van der Waals surface area contributed by atoms with E-state index in [2.05, 4.69) is 24.9 Å². The fourth-order valence-electron chi connectivity index (χ4n) is 4.28. The minimum absolute atomic E-state index is 0.218. The van der Waals surface area contributed by atoms with E-state index in [0.717, 1.165) is 48.8 Å². The van der Waals surface area contributed by atoms with Crippen molar-refractivity contribution in [1.82, 2.24) is 14.9 Å². The highest BCUT2D eigenvalue weighted by molar-refractivity contribution is 7.92. The second kappa shape index (κ2) is 11.7. The van der Waals surface area contributed by atoms with E-state index in [9.17, 15) is 17.2 Å². The standard InChI is InChI=1S/C28H27F2N5O3S/c29-21-5-12-27(25(30)17-21)39(36,37)34-23-8-6-22(7-9-23)33-28-18-26(31-19-32-28)20-3-10-24(11-4-20)38-16-15-35-13-1-2-14-35/h3-12,17-19,34H,1-2,13-16H2,(H,31,32,33). The highest BCUT2D eigenvalue weighted by Gasteiger charge is 2.19. The lowest BCUT2D eigenvalue weighted by atomic mass is 10.1. The third-order valence-electron chi connectivity index (χ3n) is 6.29. The van der Waals surface area contributed by atoms with E-state index in [1.54, 1.807) is 18.2 Å². The topological polar surface area (TPSA) is 96.5 Å². The maximum absolute atomic E-state index is 13.9. The Morgan fingerprint density at radius 3 is 2.31 bits per heavy atom. The number of nitrogens with one attached hydrogen (secondary N) is 2. The Hall–Kier alpha value is -4.09. The van der Waals surface area contributed by atoms with Crippen molar-refractivity contribution in [3.63, 3.8) is 0 Å². The predicted molar refractivity (Wildman–Crippen MR) is 146 cm³/mol. The first-order chi connectivity index (χ1) is 18.9. The maximum Gasteiger partial charge on any atom is 0.264 e. The summed E-state index contributed by atoms with van der Waals surface area (Å²) in [6, 6.07) is 18.2. The van der Waals surface area contributed by atoms with Crippen LogP contribution in [0.15, 0.2) is 84.0 Å². The molecule has 0 bridgehead atoms. The Labute approximate surface area is 225 Å². The largest absolute Gasteiger partial charge is 0.492 e. The number of hydrogen-bond donors (Lipinski definition) is 2. The van der Waals surface area contributed by atoms with Crippen LogP contribution in [0.1, 0.15) is 12.8 Å². The number of halogens is 2. The average molecular weight is 552 g/mol. The van der Waals surface area contributed by atoms with Crippen LogP contribution in [0.25, 0.3) is 11.3 Å². The molecule has 39 heavy (non-hydrogen) atoms. The number of sulfonamides is 1. The first-order valence-corrected chi connectivity index (χ1v) is 14.0. The summed E-state index contributed by atoms with van der Waals surface area (Å²) in [7, 11) is -4.23. The molecule has 1 aromatic heterocycles. The first-order valence-electron chi connectivity index (χ1n) is 12.5. The van der Waals surface area contributed by atoms with Crippen molar-refractivity contribution in [1.29, 1.82) is 0 Å². The number of benzene rings is 3. The number of aromatic nitrogens is 2. The van der Waals surface area contributed by atoms with E-state index in [4.69, 9.17) is 4.74 Å². The summed E-state index contributed by atoms with van der Waals surface area (Å²) < 4.78 is 60.2. The SMILES string of the molecule is O=S(=O)(Nc1ccc(Nc2cc(-c3ccc(OCCN4CCCC4)cc3)ncn2)cc1)c1ccc(F)cc1F. The van der Waals surface area contributed by atoms with Gasteiger partial charge < -0.3 is 10.1 Å². The van der Waals surface area contributed by atoms with Crippen molar-refractivity contribution in [3.8, 4) is 17.0 Å². The number of likely N-dealkylation sites (tertiary alicyclic amines) is 1. The maximum atomic E-state index is 13.9. The lowest BCUT2D eigenvalue weighted by Crippen LogP contribution is -2.25. The van der Waals surface area contributed by atoms with E-state index < -0.39 is 26.6 Å². The Kier molecular flexibility index (Phi) is 7.99. The Morgan fingerprint density at radius 1 is 0.872 bits per heavy atom. The molecule has 5 rings (SSSR count). The molecule has 0 radical (unpaired) electrons. The number of ether oxygens (including phenoxy) is 1. The van der Waals surface area contributed by atoms with Gasteiger partial charge in [0.05, 0.1) is 5.69 Å². The van der Waals surface area contributed by atoms with Crippen LogP contribution in [0.4, 0.5) is 26.0 Å². The van der Waals surface area contributed by atoms with Gasteiger partial charge in [0.2, 0.25) is 0 Å². The molecule has 0 aliphatic carbocycles. The molecule has 0 spiro atoms. The summed E-state index contributed by atoms with van der Waals surface area (Å²) in [6.45, 7) is 3.88. The van der Waals surface area contributed by atoms with Crippen LogP contribution in [0.2, 0.25) is 0 Å². The van der Waals surface area contributed by atoms with E-state index in [1.807, 2.05) is 24.3 Å². The second-order valence-corrected chi connectivity index (χ2v) is 10.7. The lowest BCUT2D eigenvalue weighted by Gasteiger charge is -2.15. The summed E-state index contributed by atoms with van der Waals surface area (Å²) in [5.41, 5.74) is 2.50. The van der Waals surface area contributed by atoms with Gasteiger partial charge in [-0.15, -0.1) is 0 Å². The van der Waals surface area contributed by atoms with Crippen molar-refractivity contribution in [2.45, 2.75) is 17.7 Å². The second-order valence-electron chi connectivity index (χ2n) is 9.09. The Bertz CT molecular complexity index is 1530. The molecule has 8 nitrogen and oxygen atoms in total. The number of anilines is 3. The zero-order valence-electron chi connectivity index (χ0n) is 21.0. The fraction of sp³-hybridized carbons (Fsp3) is 0.214. The third-order valence-corrected chi connectivity index (χ3v) is 7.70. The number of rotatable bonds is 10.